The molecule has 0 bridgehead atoms. The molecule has 2 fully saturated rings. The molecule has 3 rings (SSSR count). The zero-order chi connectivity index (χ0) is 13.5. The van der Waals surface area contributed by atoms with Crippen molar-refractivity contribution >= 4 is 9.84 Å². The highest BCUT2D eigenvalue weighted by Gasteiger charge is 2.38. The van der Waals surface area contributed by atoms with Crippen LogP contribution in [0.4, 0.5) is 0 Å². The number of hydrogen-bond donors (Lipinski definition) is 1. The van der Waals surface area contributed by atoms with Crippen molar-refractivity contribution in [2.45, 2.75) is 49.9 Å². The van der Waals surface area contributed by atoms with Gasteiger partial charge in [0.2, 0.25) is 5.89 Å². The first-order valence-electron chi connectivity index (χ1n) is 6.77. The van der Waals surface area contributed by atoms with E-state index in [9.17, 15) is 8.42 Å². The molecule has 0 spiro atoms. The van der Waals surface area contributed by atoms with Gasteiger partial charge in [0.25, 0.3) is 0 Å². The highest BCUT2D eigenvalue weighted by atomic mass is 32.2. The van der Waals surface area contributed by atoms with Crippen LogP contribution in [0.25, 0.3) is 0 Å². The lowest BCUT2D eigenvalue weighted by molar-refractivity contribution is 0.324. The van der Waals surface area contributed by atoms with Crippen molar-refractivity contribution in [3.8, 4) is 0 Å². The number of hydrogen-bond acceptors (Lipinski definition) is 6. The summed E-state index contributed by atoms with van der Waals surface area (Å²) in [5.74, 6) is 1.34. The summed E-state index contributed by atoms with van der Waals surface area (Å²) in [4.78, 5) is 4.22. The number of fused-ring (bicyclic) bond motifs is 1. The molecule has 0 aromatic carbocycles. The Labute approximate surface area is 112 Å². The van der Waals surface area contributed by atoms with Crippen molar-refractivity contribution < 1.29 is 12.9 Å². The van der Waals surface area contributed by atoms with E-state index in [1.807, 2.05) is 0 Å². The molecule has 0 radical (unpaired) electrons. The topological polar surface area (TPSA) is 85.1 Å². The molecule has 1 aromatic heterocycles. The van der Waals surface area contributed by atoms with Gasteiger partial charge in [-0.05, 0) is 25.2 Å². The normalized spacial score (nSPS) is 31.3. The van der Waals surface area contributed by atoms with E-state index in [0.717, 1.165) is 6.42 Å². The lowest BCUT2D eigenvalue weighted by Crippen LogP contribution is -2.30. The highest BCUT2D eigenvalue weighted by molar-refractivity contribution is 7.89. The van der Waals surface area contributed by atoms with E-state index in [0.29, 0.717) is 17.9 Å². The number of rotatable bonds is 3. The van der Waals surface area contributed by atoms with Gasteiger partial charge in [-0.1, -0.05) is 18.0 Å². The van der Waals surface area contributed by atoms with Crippen molar-refractivity contribution in [3.05, 3.63) is 11.7 Å². The average Bonchev–Trinajstić information content (AvgIpc) is 2.91. The predicted octanol–water partition coefficient (Wildman–Crippen LogP) is 1.21. The van der Waals surface area contributed by atoms with Crippen molar-refractivity contribution in [2.75, 3.05) is 6.26 Å². The summed E-state index contributed by atoms with van der Waals surface area (Å²) >= 11 is 0. The molecule has 106 valence electrons. The third-order valence-corrected chi connectivity index (χ3v) is 4.82. The molecular formula is C12H19N3O3S. The van der Waals surface area contributed by atoms with Crippen LogP contribution in [0.1, 0.15) is 49.9 Å². The summed E-state index contributed by atoms with van der Waals surface area (Å²) in [6, 6.07) is 0.651. The van der Waals surface area contributed by atoms with Crippen molar-refractivity contribution in [1.29, 1.82) is 0 Å². The van der Waals surface area contributed by atoms with Crippen LogP contribution in [0.3, 0.4) is 0 Å². The van der Waals surface area contributed by atoms with Crippen molar-refractivity contribution in [1.82, 2.24) is 15.5 Å². The Hall–Kier alpha value is -0.950. The smallest absolute Gasteiger partial charge is 0.243 e. The number of aromatic nitrogens is 2. The van der Waals surface area contributed by atoms with Gasteiger partial charge in [0, 0.05) is 12.3 Å². The predicted molar refractivity (Wildman–Crippen MR) is 69.1 cm³/mol. The van der Waals surface area contributed by atoms with Crippen LogP contribution in [0.15, 0.2) is 4.52 Å². The van der Waals surface area contributed by atoms with Gasteiger partial charge >= 0.3 is 0 Å². The Balaban J connectivity index is 1.70. The van der Waals surface area contributed by atoms with Gasteiger partial charge in [0.05, 0.1) is 6.04 Å². The molecule has 1 N–H and O–H groups in total. The molecule has 3 atom stereocenters. The lowest BCUT2D eigenvalue weighted by Gasteiger charge is -2.24. The van der Waals surface area contributed by atoms with E-state index >= 15 is 0 Å². The molecule has 1 saturated heterocycles. The van der Waals surface area contributed by atoms with Crippen LogP contribution >= 0.6 is 0 Å². The standard InChI is InChI=1S/C12H19N3O3S/c1-19(16,17)7-11-14-12(18-15-11)10-6-8-4-2-3-5-9(8)13-10/h8-10,13H,2-7H2,1H3. The Morgan fingerprint density at radius 3 is 2.89 bits per heavy atom. The third-order valence-electron chi connectivity index (χ3n) is 4.04. The summed E-state index contributed by atoms with van der Waals surface area (Å²) < 4.78 is 27.6. The van der Waals surface area contributed by atoms with Gasteiger partial charge in [0.1, 0.15) is 5.75 Å². The van der Waals surface area contributed by atoms with Crippen LogP contribution in [0.5, 0.6) is 0 Å². The summed E-state index contributed by atoms with van der Waals surface area (Å²) in [6.07, 6.45) is 7.25. The second-order valence-corrected chi connectivity index (χ2v) is 7.87. The van der Waals surface area contributed by atoms with Crippen LogP contribution in [0.2, 0.25) is 0 Å². The van der Waals surface area contributed by atoms with E-state index in [4.69, 9.17) is 4.52 Å². The number of nitrogens with one attached hydrogen (secondary N) is 1. The maximum absolute atomic E-state index is 11.2. The minimum Gasteiger partial charge on any atom is -0.338 e. The number of nitrogens with zero attached hydrogens (tertiary/aromatic N) is 2. The van der Waals surface area contributed by atoms with E-state index in [2.05, 4.69) is 15.5 Å². The van der Waals surface area contributed by atoms with E-state index < -0.39 is 9.84 Å². The zero-order valence-electron chi connectivity index (χ0n) is 11.0. The molecule has 7 heteroatoms. The first kappa shape index (κ1) is 13.1. The minimum absolute atomic E-state index is 0.0916. The van der Waals surface area contributed by atoms with E-state index in [1.165, 1.54) is 31.9 Å². The molecule has 1 saturated carbocycles. The maximum atomic E-state index is 11.2. The van der Waals surface area contributed by atoms with Crippen molar-refractivity contribution in [2.24, 2.45) is 5.92 Å². The molecule has 1 aliphatic carbocycles. The fourth-order valence-corrected chi connectivity index (χ4v) is 3.80. The highest BCUT2D eigenvalue weighted by Crippen LogP contribution is 2.38. The zero-order valence-corrected chi connectivity index (χ0v) is 11.8. The Kier molecular flexibility index (Phi) is 3.34. The molecule has 3 unspecified atom stereocenters. The molecule has 2 heterocycles. The first-order chi connectivity index (χ1) is 9.01. The summed E-state index contributed by atoms with van der Waals surface area (Å²) in [6.45, 7) is 0. The van der Waals surface area contributed by atoms with E-state index in [1.54, 1.807) is 0 Å². The summed E-state index contributed by atoms with van der Waals surface area (Å²) in [7, 11) is -3.11. The Bertz CT molecular complexity index is 540. The second kappa shape index (κ2) is 4.86. The van der Waals surface area contributed by atoms with Gasteiger partial charge in [-0.3, -0.25) is 0 Å². The molecule has 19 heavy (non-hydrogen) atoms. The van der Waals surface area contributed by atoms with Crippen LogP contribution in [0, 0.1) is 5.92 Å². The molecule has 0 amide bonds. The quantitative estimate of drug-likeness (QED) is 0.898. The van der Waals surface area contributed by atoms with Gasteiger partial charge in [0.15, 0.2) is 15.7 Å². The second-order valence-electron chi connectivity index (χ2n) is 5.72. The average molecular weight is 285 g/mol. The van der Waals surface area contributed by atoms with E-state index in [-0.39, 0.29) is 17.6 Å². The molecule has 1 aliphatic heterocycles. The monoisotopic (exact) mass is 285 g/mol. The van der Waals surface area contributed by atoms with Gasteiger partial charge < -0.3 is 9.84 Å². The van der Waals surface area contributed by atoms with Crippen LogP contribution in [-0.2, 0) is 15.6 Å². The minimum atomic E-state index is -3.11. The SMILES string of the molecule is CS(=O)(=O)Cc1noc(C2CC3CCCCC3N2)n1. The van der Waals surface area contributed by atoms with Crippen LogP contribution in [-0.4, -0.2) is 30.9 Å². The van der Waals surface area contributed by atoms with Gasteiger partial charge in [-0.15, -0.1) is 0 Å². The maximum Gasteiger partial charge on any atom is 0.243 e. The molecular weight excluding hydrogens is 266 g/mol. The fourth-order valence-electron chi connectivity index (χ4n) is 3.21. The van der Waals surface area contributed by atoms with Gasteiger partial charge in [-0.2, -0.15) is 4.98 Å². The molecule has 2 aliphatic rings. The number of sulfone groups is 1. The van der Waals surface area contributed by atoms with Crippen LogP contribution < -0.4 is 5.32 Å². The first-order valence-corrected chi connectivity index (χ1v) is 8.83. The fraction of sp³-hybridized carbons (Fsp3) is 0.833. The lowest BCUT2D eigenvalue weighted by atomic mass is 9.85. The van der Waals surface area contributed by atoms with Gasteiger partial charge in [-0.25, -0.2) is 8.42 Å². The summed E-state index contributed by atoms with van der Waals surface area (Å²) in [5.41, 5.74) is 0. The summed E-state index contributed by atoms with van der Waals surface area (Å²) in [5, 5.41) is 7.30. The Morgan fingerprint density at radius 1 is 1.37 bits per heavy atom. The Morgan fingerprint density at radius 2 is 2.16 bits per heavy atom. The third kappa shape index (κ3) is 2.97. The molecule has 1 aromatic rings. The molecule has 6 nitrogen and oxygen atoms in total. The largest absolute Gasteiger partial charge is 0.338 e. The van der Waals surface area contributed by atoms with Crippen molar-refractivity contribution in [3.63, 3.8) is 0 Å².